The zero-order valence-electron chi connectivity index (χ0n) is 54.3. The van der Waals surface area contributed by atoms with E-state index in [-0.39, 0.29) is 72.3 Å². The number of carbonyl (C=O) groups is 2. The number of hydrogen-bond donors (Lipinski definition) is 6. The Bertz CT molecular complexity index is 3520. The van der Waals surface area contributed by atoms with Crippen molar-refractivity contribution in [1.82, 2.24) is 5.32 Å². The van der Waals surface area contributed by atoms with Gasteiger partial charge in [0.15, 0.2) is 0 Å². The number of nitrogens with one attached hydrogen (secondary N) is 1. The van der Waals surface area contributed by atoms with E-state index in [1.807, 2.05) is 30.0 Å². The van der Waals surface area contributed by atoms with Crippen molar-refractivity contribution in [2.45, 2.75) is 214 Å². The molecule has 19 rings (SSSR count). The van der Waals surface area contributed by atoms with Crippen LogP contribution in [0.2, 0.25) is 0 Å². The largest absolute Gasteiger partial charge is 0.454 e. The first-order valence-electron chi connectivity index (χ1n) is 36.7. The van der Waals surface area contributed by atoms with Crippen molar-refractivity contribution in [3.05, 3.63) is 118 Å². The molecule has 0 radical (unpaired) electrons. The van der Waals surface area contributed by atoms with Crippen LogP contribution in [0.5, 0.6) is 0 Å². The number of aldehydes is 1. The molecule has 3 aliphatic heterocycles. The summed E-state index contributed by atoms with van der Waals surface area (Å²) in [5.41, 5.74) is -3.60. The lowest BCUT2D eigenvalue weighted by Gasteiger charge is -2.78. The molecule has 2 saturated heterocycles. The second-order valence-corrected chi connectivity index (χ2v) is 36.7. The maximum absolute atomic E-state index is 16.3. The van der Waals surface area contributed by atoms with Gasteiger partial charge in [-0.3, -0.25) is 0 Å². The summed E-state index contributed by atoms with van der Waals surface area (Å²) in [6.45, 7) is 2.33. The van der Waals surface area contributed by atoms with Crippen LogP contribution in [0.25, 0.3) is 0 Å². The number of aliphatic hydroxyl groups excluding tert-OH is 2. The predicted molar refractivity (Wildman–Crippen MR) is 357 cm³/mol. The minimum Gasteiger partial charge on any atom is -0.454 e. The Labute approximate surface area is 553 Å². The Morgan fingerprint density at radius 3 is 2.34 bits per heavy atom. The number of carbonyl (C=O) groups excluding carboxylic acids is 2. The average Bonchev–Trinajstić information content (AvgIpc) is 1.25. The van der Waals surface area contributed by atoms with Crippen LogP contribution in [0.15, 0.2) is 90.5 Å². The fourth-order valence-electron chi connectivity index (χ4n) is 28.4. The lowest BCUT2D eigenvalue weighted by molar-refractivity contribution is -0.405. The van der Waals surface area contributed by atoms with Gasteiger partial charge in [-0.05, 0) is 259 Å². The third kappa shape index (κ3) is 8.04. The second kappa shape index (κ2) is 21.8. The number of likely N-dealkylation sites (N-methyl/N-ethyl adjacent to an activating group) is 1. The Kier molecular flexibility index (Phi) is 14.4. The van der Waals surface area contributed by atoms with Gasteiger partial charge in [-0.25, -0.2) is 4.79 Å². The Hall–Kier alpha value is -3.48. The van der Waals surface area contributed by atoms with Gasteiger partial charge >= 0.3 is 5.97 Å². The molecule has 13 fully saturated rings. The molecule has 3 heterocycles. The molecule has 3 aromatic rings. The van der Waals surface area contributed by atoms with Gasteiger partial charge in [-0.2, -0.15) is 0 Å². The highest BCUT2D eigenvalue weighted by molar-refractivity contribution is 8.76. The van der Waals surface area contributed by atoms with Gasteiger partial charge in [0.05, 0.1) is 35.9 Å². The number of hydrogen-bond acceptors (Lipinski definition) is 12. The number of rotatable bonds is 6. The molecule has 0 amide bonds. The standard InChI is InChI=1S/C80H99NO9S2/c1-46-52-17-16-49(31-52)41-91-92-42-66-58-23-28-74-27-22-54(50-12-7-4-8-13-50)32-57(74)35-63(58)77(74)44-76(45-83)67-24-29-75-43-73(25-20-48(38-73)30-47-10-5-3-6-11-47)26-21-51-14-9-15-55(40-82)59(51)36-65(81-2)60-33-56(69(75)61-37-68(84)90-70(60)61)39-78(75,86)80(67,88)71(85)64-34-53(46)18-19-62(72(77)89-66)79(64,76)87/h3-15,37,45-46,48-49,52-54,56-58,60,62-67,69-72,81-82,85-88H,16-20,22-25,27-36,38-44H2,1-2H3/t46-,48+,49+,52-,53-,54+,56+,57-,58-,60+,62+,63+,64-,65-,66-,67-,69-,70-,71-,72-,73+,74+,75+,76+,77+,78-,79-,80-/m1/s1. The third-order valence-electron chi connectivity index (χ3n) is 31.7. The van der Waals surface area contributed by atoms with E-state index < -0.39 is 74.3 Å². The summed E-state index contributed by atoms with van der Waals surface area (Å²) in [5.74, 6) is 9.70. The monoisotopic (exact) mass is 1280 g/mol. The molecule has 490 valence electrons. The van der Waals surface area contributed by atoms with Gasteiger partial charge in [-0.15, -0.1) is 0 Å². The summed E-state index contributed by atoms with van der Waals surface area (Å²) in [6, 6.07) is 27.9. The minimum absolute atomic E-state index is 0.0197. The summed E-state index contributed by atoms with van der Waals surface area (Å²) in [4.78, 5) is 30.7. The maximum atomic E-state index is 16.3. The minimum atomic E-state index is -2.25. The highest BCUT2D eigenvalue weighted by Crippen LogP contribution is 2.86. The number of aliphatic hydroxyl groups is 5. The van der Waals surface area contributed by atoms with Crippen molar-refractivity contribution < 1.29 is 44.6 Å². The smallest absolute Gasteiger partial charge is 0.331 e. The molecule has 4 spiro atoms. The molecule has 3 aromatic carbocycles. The zero-order chi connectivity index (χ0) is 62.5. The van der Waals surface area contributed by atoms with E-state index in [1.165, 1.54) is 36.7 Å². The molecule has 28 atom stereocenters. The van der Waals surface area contributed by atoms with E-state index in [2.05, 4.69) is 102 Å². The van der Waals surface area contributed by atoms with Crippen molar-refractivity contribution in [2.24, 2.45) is 110 Å². The second-order valence-electron chi connectivity index (χ2n) is 34.2. The van der Waals surface area contributed by atoms with Gasteiger partial charge < -0.3 is 45.1 Å². The molecule has 92 heavy (non-hydrogen) atoms. The van der Waals surface area contributed by atoms with Crippen LogP contribution in [0, 0.1) is 122 Å². The van der Waals surface area contributed by atoms with E-state index in [1.54, 1.807) is 6.08 Å². The van der Waals surface area contributed by atoms with Crippen LogP contribution in [0.4, 0.5) is 0 Å². The maximum Gasteiger partial charge on any atom is 0.331 e. The first-order valence-corrected chi connectivity index (χ1v) is 39.2. The predicted octanol–water partition coefficient (Wildman–Crippen LogP) is 12.4. The van der Waals surface area contributed by atoms with Crippen LogP contribution in [-0.4, -0.2) is 104 Å². The number of ether oxygens (including phenoxy) is 2. The summed E-state index contributed by atoms with van der Waals surface area (Å²) in [7, 11) is 6.07. The molecule has 12 heteroatoms. The molecular formula is C80H99NO9S2. The molecule has 11 saturated carbocycles. The molecule has 16 aliphatic rings. The van der Waals surface area contributed by atoms with Crippen LogP contribution < -0.4 is 5.32 Å². The number of esters is 1. The van der Waals surface area contributed by atoms with Crippen molar-refractivity contribution in [3.63, 3.8) is 0 Å². The highest BCUT2D eigenvalue weighted by Gasteiger charge is 2.90. The van der Waals surface area contributed by atoms with Gasteiger partial charge in [-0.1, -0.05) is 113 Å². The van der Waals surface area contributed by atoms with Crippen molar-refractivity contribution in [2.75, 3.05) is 18.6 Å². The van der Waals surface area contributed by atoms with E-state index in [0.717, 1.165) is 104 Å². The van der Waals surface area contributed by atoms with Gasteiger partial charge in [0.25, 0.3) is 0 Å². The van der Waals surface area contributed by atoms with Crippen LogP contribution in [0.3, 0.4) is 0 Å². The molecule has 10 nitrogen and oxygen atoms in total. The van der Waals surface area contributed by atoms with Crippen molar-refractivity contribution in [1.29, 1.82) is 0 Å². The summed E-state index contributed by atoms with van der Waals surface area (Å²) in [6.07, 6.45) is 18.9. The first-order chi connectivity index (χ1) is 44.6. The van der Waals surface area contributed by atoms with Crippen LogP contribution in [0.1, 0.15) is 175 Å². The van der Waals surface area contributed by atoms with E-state index in [4.69, 9.17) is 9.47 Å². The Morgan fingerprint density at radius 2 is 1.52 bits per heavy atom. The molecule has 0 unspecified atom stereocenters. The van der Waals surface area contributed by atoms with E-state index in [0.29, 0.717) is 86.9 Å². The fourth-order valence-corrected chi connectivity index (χ4v) is 31.1. The lowest BCUT2D eigenvalue weighted by atomic mass is 9.29. The lowest BCUT2D eigenvalue weighted by Crippen LogP contribution is -2.88. The average molecular weight is 1280 g/mol. The van der Waals surface area contributed by atoms with Crippen LogP contribution in [-0.2, 0) is 38.5 Å². The number of fused-ring (bicyclic) bond motifs is 10. The van der Waals surface area contributed by atoms with Crippen molar-refractivity contribution in [3.8, 4) is 11.8 Å². The van der Waals surface area contributed by atoms with Gasteiger partial charge in [0, 0.05) is 69.1 Å². The third-order valence-corrected chi connectivity index (χ3v) is 34.2. The first kappa shape index (κ1) is 60.9. The fraction of sp³-hybridized carbons (Fsp3) is 0.700. The summed E-state index contributed by atoms with van der Waals surface area (Å²) < 4.78 is 14.8. The van der Waals surface area contributed by atoms with Crippen LogP contribution >= 0.6 is 21.6 Å². The normalized spacial score (nSPS) is 51.4. The Morgan fingerprint density at radius 1 is 0.739 bits per heavy atom. The molecular weight excluding hydrogens is 1180 g/mol. The quantitative estimate of drug-likeness (QED) is 0.0600. The SMILES string of the molecule is CN[C@@H]1Cc2c(cccc2CO)C#C[C@]2(CC[C@@H](Cc3ccccc3)C2)C[C@]23CC[C@H]4[C@@](O)([C@H](O)[C@H]5C[C@H]6CC[C@H]7[C@H]8O[C@H](CSSC[C@H]9CC[C@H](C9)[C@H]6C)[C@@H]6CC[C@@]9%10CC[C@H](c%11ccccc%11)C[C@@H]9C[C@@H]6[C@@]8%10C[C@@]4(C=O)[C@]57O)[C@@]2(O)C[C@@H]2C[C@@H]1[C@H]1OC(=O)C=C1[C@@H]23. The molecule has 6 N–H and O–H groups in total. The van der Waals surface area contributed by atoms with Crippen molar-refractivity contribution >= 4 is 33.8 Å². The molecule has 13 aliphatic carbocycles. The van der Waals surface area contributed by atoms with E-state index in [9.17, 15) is 15.0 Å². The molecule has 14 bridgehead atoms. The Balaban J connectivity index is 0.848. The highest BCUT2D eigenvalue weighted by atomic mass is 33.1. The zero-order valence-corrected chi connectivity index (χ0v) is 55.9. The van der Waals surface area contributed by atoms with E-state index >= 15 is 20.1 Å². The summed E-state index contributed by atoms with van der Waals surface area (Å²) in [5, 5.41) is 76.7. The number of benzene rings is 3. The van der Waals surface area contributed by atoms with Gasteiger partial charge in [0.1, 0.15) is 23.6 Å². The topological polar surface area (TPSA) is 166 Å². The van der Waals surface area contributed by atoms with Gasteiger partial charge in [0.2, 0.25) is 0 Å². The molecule has 0 aromatic heterocycles. The summed E-state index contributed by atoms with van der Waals surface area (Å²) >= 11 is 0.